The van der Waals surface area contributed by atoms with Gasteiger partial charge in [0.15, 0.2) is 5.60 Å². The summed E-state index contributed by atoms with van der Waals surface area (Å²) in [4.78, 5) is 269. The van der Waals surface area contributed by atoms with Crippen molar-refractivity contribution in [2.45, 2.75) is 137 Å². The Hall–Kier alpha value is -13.1. The molecule has 0 saturated heterocycles. The Morgan fingerprint density at radius 3 is 1.53 bits per heavy atom. The number of aromatic nitrogens is 2. The number of hydrogen-bond donors (Lipinski definition) is 5. The van der Waals surface area contributed by atoms with E-state index in [4.69, 9.17) is 14.5 Å². The number of aryl methyl sites for hydroxylation is 1. The van der Waals surface area contributed by atoms with Gasteiger partial charge in [-0.15, -0.1) is 0 Å². The van der Waals surface area contributed by atoms with Gasteiger partial charge < -0.3 is 94.3 Å². The monoisotopic (exact) mass is 1740 g/mol. The highest BCUT2D eigenvalue weighted by Crippen LogP contribution is 2.46. The molecular weight excluding hydrogens is 1630 g/mol. The van der Waals surface area contributed by atoms with Crippen molar-refractivity contribution < 1.29 is 105 Å². The third kappa shape index (κ3) is 23.8. The summed E-state index contributed by atoms with van der Waals surface area (Å²) in [5.74, 6) is -11.4. The van der Waals surface area contributed by atoms with Crippen LogP contribution in [0.4, 0.5) is 14.9 Å². The third-order valence-electron chi connectivity index (χ3n) is 22.6. The van der Waals surface area contributed by atoms with Gasteiger partial charge in [-0.3, -0.25) is 86.4 Å². The lowest BCUT2D eigenvalue weighted by Crippen LogP contribution is -2.53. The number of benzene rings is 2. The number of likely N-dealkylation sites (N-methyl/N-ethyl adjacent to an activating group) is 11. The molecule has 0 saturated carbocycles. The van der Waals surface area contributed by atoms with E-state index in [-0.39, 0.29) is 98.2 Å². The minimum atomic E-state index is -2.14. The number of aliphatic hydroxyl groups is 1. The van der Waals surface area contributed by atoms with Crippen molar-refractivity contribution in [3.8, 4) is 11.4 Å². The Kier molecular flexibility index (Phi) is 32.6. The molecule has 125 heavy (non-hydrogen) atoms. The van der Waals surface area contributed by atoms with E-state index in [1.54, 1.807) is 27.7 Å². The zero-order valence-electron chi connectivity index (χ0n) is 73.6. The molecule has 2 aromatic heterocycles. The summed E-state index contributed by atoms with van der Waals surface area (Å²) in [6.45, 7) is 3.50. The highest BCUT2D eigenvalue weighted by atomic mass is 19.1. The molecule has 5 heterocycles. The first-order valence-corrected chi connectivity index (χ1v) is 40.6. The summed E-state index contributed by atoms with van der Waals surface area (Å²) in [6.07, 6.45) is 3.28. The largest absolute Gasteiger partial charge is 0.458 e. The fourth-order valence-electron chi connectivity index (χ4n) is 14.3. The molecule has 2 aromatic carbocycles. The fraction of sp³-hybridized carbons (Fsp3) is 0.524. The van der Waals surface area contributed by atoms with Crippen LogP contribution in [-0.4, -0.2) is 342 Å². The molecule has 0 radical (unpaired) electrons. The number of fused-ring (bicyclic) bond motifs is 5. The van der Waals surface area contributed by atoms with E-state index in [9.17, 15) is 96.2 Å². The molecule has 0 spiro atoms. The lowest BCUT2D eigenvalue weighted by Gasteiger charge is -2.31. The number of carbonyl (C=O) groups is 18. The molecule has 0 unspecified atom stereocenters. The van der Waals surface area contributed by atoms with Crippen molar-refractivity contribution in [3.05, 3.63) is 103 Å². The fourth-order valence-corrected chi connectivity index (χ4v) is 14.3. The van der Waals surface area contributed by atoms with Crippen LogP contribution in [0.15, 0.2) is 47.3 Å². The second kappa shape index (κ2) is 41.8. The van der Waals surface area contributed by atoms with E-state index in [2.05, 4.69) is 21.3 Å². The van der Waals surface area contributed by atoms with Crippen LogP contribution in [-0.2, 0) is 129 Å². The van der Waals surface area contributed by atoms with Crippen molar-refractivity contribution in [2.75, 3.05) is 155 Å². The van der Waals surface area contributed by atoms with Gasteiger partial charge in [-0.05, 0) is 97.9 Å². The summed E-state index contributed by atoms with van der Waals surface area (Å²) in [5.41, 5.74) is 1.09. The predicted octanol–water partition coefficient (Wildman–Crippen LogP) is -0.927. The maximum Gasteiger partial charge on any atom is 0.407 e. The summed E-state index contributed by atoms with van der Waals surface area (Å²) in [7, 11) is 14.6. The molecule has 0 fully saturated rings. The number of anilines is 1. The van der Waals surface area contributed by atoms with Crippen molar-refractivity contribution in [2.24, 2.45) is 5.92 Å². The van der Waals surface area contributed by atoms with Gasteiger partial charge in [0.1, 0.15) is 31.1 Å². The average molecular weight is 1740 g/mol. The van der Waals surface area contributed by atoms with Gasteiger partial charge in [0.25, 0.3) is 17.4 Å². The van der Waals surface area contributed by atoms with E-state index >= 15 is 4.39 Å². The van der Waals surface area contributed by atoms with Crippen LogP contribution in [0.5, 0.6) is 0 Å². The summed E-state index contributed by atoms with van der Waals surface area (Å²) >= 11 is 0. The Bertz CT molecular complexity index is 5070. The second-order valence-electron chi connectivity index (χ2n) is 32.5. The maximum absolute atomic E-state index is 15.8. The zero-order chi connectivity index (χ0) is 92.8. The molecule has 40 nitrogen and oxygen atoms in total. The molecule has 676 valence electrons. The average Bonchev–Trinajstić information content (AvgIpc) is 1.57. The first kappa shape index (κ1) is 97.3. The van der Waals surface area contributed by atoms with Crippen molar-refractivity contribution in [3.63, 3.8) is 0 Å². The minimum absolute atomic E-state index is 0.0369. The molecule has 17 amide bonds. The molecule has 4 aromatic rings. The Morgan fingerprint density at radius 1 is 0.592 bits per heavy atom. The number of hydrogen-bond acceptors (Lipinski definition) is 23. The number of rotatable bonds is 38. The number of pyridine rings is 2. The SMILES string of the molecule is CC[C@@]1(O)C(=O)OCc2c1cc1n(c2=O)Cc2c-1nc1cc(F)c(C)c3c1c2[C@@H](NC(=O)OCc1ccc(NC(=O)[C@H](C)NC(=O)[C@@H](NC(=O)CCCCCN2C(=O)C=CC2=O)C(C)C)cc1CN(C)C(=O)CN(C)C(=O)CN(C)C(=O)CN(C)C(=O)CN(C)C(=O)CN(C)C(=O)CN(C)C(=O)CN(C)C(=O)CN(C)C(=O)CN(C)C(=O)CN(C)C(C)=O)CC3. The number of ether oxygens (including phenoxy) is 2. The summed E-state index contributed by atoms with van der Waals surface area (Å²) < 4.78 is 28.5. The second-order valence-corrected chi connectivity index (χ2v) is 32.5. The van der Waals surface area contributed by atoms with Gasteiger partial charge in [-0.25, -0.2) is 19.0 Å². The topological polar surface area (TPSA) is 468 Å². The normalized spacial score (nSPS) is 15.0. The molecule has 4 atom stereocenters. The number of amides is 17. The Labute approximate surface area is 721 Å². The van der Waals surface area contributed by atoms with Gasteiger partial charge >= 0.3 is 12.1 Å². The lowest BCUT2D eigenvalue weighted by atomic mass is 9.81. The van der Waals surface area contributed by atoms with E-state index < -0.39 is 201 Å². The van der Waals surface area contributed by atoms with Gasteiger partial charge in [-0.1, -0.05) is 33.3 Å². The maximum atomic E-state index is 15.8. The van der Waals surface area contributed by atoms with Crippen LogP contribution in [0.25, 0.3) is 22.3 Å². The number of cyclic esters (lactones) is 1. The number of unbranched alkanes of at least 4 members (excludes halogenated alkanes) is 2. The molecule has 3 aliphatic heterocycles. The molecule has 8 rings (SSSR count). The number of alkyl carbamates (subject to hydrolysis) is 1. The molecule has 1 aliphatic carbocycles. The standard InChI is InChI=1S/C84H111FN18O22/c1-18-84(123)57-31-61-78-55(34-103(61)81(120)56(57)46-124-82(84)121)76-59(26-25-54-48(4)58(85)32-60(88-78)75(54)76)89-83(122)125-45-51-23-24-53(87-79(118)49(5)86-80(119)77(47(2)3)90-62(105)22-20-19-21-29-102-63(106)27-28-64(102)107)30-52(51)33-92(8)66(109)36-94(10)68(111)38-96(12)70(113)40-98(14)72(115)42-100(16)74(117)44-101(17)73(116)43-99(15)71(114)41-97(13)69(112)39-95(11)67(110)37-93(9)65(108)35-91(7)50(6)104/h23-24,27-28,30-32,47,49,59,77,123H,18-22,25-26,29,33-46H2,1-17H3,(H,86,119)(H,87,118)(H,89,122)(H,90,105)/t49-,59-,77-,84-/m0/s1. The summed E-state index contributed by atoms with van der Waals surface area (Å²) in [6, 6.07) is 4.24. The molecule has 4 aliphatic rings. The molecule has 5 N–H and O–H groups in total. The van der Waals surface area contributed by atoms with Gasteiger partial charge in [-0.2, -0.15) is 0 Å². The zero-order valence-corrected chi connectivity index (χ0v) is 73.6. The first-order valence-electron chi connectivity index (χ1n) is 40.6. The molecule has 41 heteroatoms. The number of halogens is 1. The lowest BCUT2D eigenvalue weighted by molar-refractivity contribution is -0.172. The Balaban J connectivity index is 0.873. The van der Waals surface area contributed by atoms with Crippen molar-refractivity contribution >= 4 is 123 Å². The minimum Gasteiger partial charge on any atom is -0.458 e. The van der Waals surface area contributed by atoms with Crippen LogP contribution >= 0.6 is 0 Å². The van der Waals surface area contributed by atoms with Crippen molar-refractivity contribution in [1.82, 2.24) is 84.3 Å². The predicted molar refractivity (Wildman–Crippen MR) is 446 cm³/mol. The number of nitrogens with one attached hydrogen (secondary N) is 4. The highest BCUT2D eigenvalue weighted by Gasteiger charge is 2.47. The van der Waals surface area contributed by atoms with Crippen molar-refractivity contribution in [1.29, 1.82) is 0 Å². The number of nitrogens with zero attached hydrogens (tertiary/aromatic N) is 14. The van der Waals surface area contributed by atoms with Gasteiger partial charge in [0, 0.05) is 144 Å². The van der Waals surface area contributed by atoms with E-state index in [0.29, 0.717) is 64.5 Å². The Morgan fingerprint density at radius 2 is 1.06 bits per heavy atom. The molecule has 0 bridgehead atoms. The number of carbonyl (C=O) groups excluding carboxylic acids is 18. The van der Waals surface area contributed by atoms with Crippen LogP contribution < -0.4 is 26.8 Å². The van der Waals surface area contributed by atoms with Gasteiger partial charge in [0.05, 0.1) is 101 Å². The van der Waals surface area contributed by atoms with Crippen LogP contribution in [0, 0.1) is 18.7 Å². The quantitative estimate of drug-likeness (QED) is 0.0181. The third-order valence-corrected chi connectivity index (χ3v) is 22.6. The first-order chi connectivity index (χ1) is 58.7. The van der Waals surface area contributed by atoms with Crippen LogP contribution in [0.1, 0.15) is 124 Å². The van der Waals surface area contributed by atoms with E-state index in [0.717, 1.165) is 49.0 Å². The van der Waals surface area contributed by atoms with E-state index in [1.807, 2.05) is 0 Å². The highest BCUT2D eigenvalue weighted by molar-refractivity contribution is 6.13. The van der Waals surface area contributed by atoms with Crippen LogP contribution in [0.2, 0.25) is 0 Å². The smallest absolute Gasteiger partial charge is 0.407 e. The van der Waals surface area contributed by atoms with E-state index in [1.165, 1.54) is 148 Å². The number of imide groups is 1. The molecular formula is C84H111FN18O22. The van der Waals surface area contributed by atoms with Gasteiger partial charge in [0.2, 0.25) is 82.7 Å². The summed E-state index contributed by atoms with van der Waals surface area (Å²) in [5, 5.41) is 23.3. The van der Waals surface area contributed by atoms with Crippen LogP contribution in [0.3, 0.4) is 0 Å². The number of esters is 1.